The van der Waals surface area contributed by atoms with Gasteiger partial charge in [-0.3, -0.25) is 9.59 Å². The molecule has 1 aliphatic rings. The third-order valence-electron chi connectivity index (χ3n) is 4.28. The topological polar surface area (TPSA) is 78.4 Å². The quantitative estimate of drug-likeness (QED) is 0.666. The highest BCUT2D eigenvalue weighted by Crippen LogP contribution is 2.29. The van der Waals surface area contributed by atoms with Crippen molar-refractivity contribution in [1.82, 2.24) is 10.6 Å². The summed E-state index contributed by atoms with van der Waals surface area (Å²) in [5.74, 6) is -0.841. The van der Waals surface area contributed by atoms with Crippen molar-refractivity contribution in [2.24, 2.45) is 11.8 Å². The number of carboxylic acids is 1. The van der Waals surface area contributed by atoms with Crippen molar-refractivity contribution in [3.63, 3.8) is 0 Å². The lowest BCUT2D eigenvalue weighted by Gasteiger charge is -2.29. The zero-order valence-corrected chi connectivity index (χ0v) is 12.9. The van der Waals surface area contributed by atoms with Gasteiger partial charge in [0.15, 0.2) is 0 Å². The van der Waals surface area contributed by atoms with Gasteiger partial charge in [0.05, 0.1) is 12.5 Å². The third-order valence-corrected chi connectivity index (χ3v) is 4.28. The van der Waals surface area contributed by atoms with Gasteiger partial charge in [0.2, 0.25) is 5.91 Å². The molecule has 2 unspecified atom stereocenters. The maximum atomic E-state index is 11.8. The Morgan fingerprint density at radius 3 is 2.50 bits per heavy atom. The Balaban J connectivity index is 2.32. The van der Waals surface area contributed by atoms with E-state index in [1.807, 2.05) is 20.8 Å². The van der Waals surface area contributed by atoms with Gasteiger partial charge in [-0.05, 0) is 45.6 Å². The van der Waals surface area contributed by atoms with Gasteiger partial charge in [0.1, 0.15) is 0 Å². The first-order chi connectivity index (χ1) is 9.35. The number of hydrogen-bond acceptors (Lipinski definition) is 3. The van der Waals surface area contributed by atoms with E-state index in [9.17, 15) is 14.7 Å². The second-order valence-corrected chi connectivity index (χ2v) is 6.41. The smallest absolute Gasteiger partial charge is 0.306 e. The van der Waals surface area contributed by atoms with Gasteiger partial charge in [-0.25, -0.2) is 0 Å². The molecule has 5 heteroatoms. The molecule has 0 saturated heterocycles. The van der Waals surface area contributed by atoms with Crippen molar-refractivity contribution in [1.29, 1.82) is 0 Å². The van der Waals surface area contributed by atoms with Crippen LogP contribution in [0.2, 0.25) is 0 Å². The van der Waals surface area contributed by atoms with Crippen LogP contribution < -0.4 is 10.6 Å². The number of hydrogen-bond donors (Lipinski definition) is 3. The summed E-state index contributed by atoms with van der Waals surface area (Å²) in [4.78, 5) is 23.0. The largest absolute Gasteiger partial charge is 0.481 e. The molecule has 0 heterocycles. The van der Waals surface area contributed by atoms with Crippen LogP contribution in [0.25, 0.3) is 0 Å². The summed E-state index contributed by atoms with van der Waals surface area (Å²) in [6, 6.07) is 0. The number of aliphatic carboxylic acids is 1. The maximum absolute atomic E-state index is 11.8. The summed E-state index contributed by atoms with van der Waals surface area (Å²) in [7, 11) is 0. The van der Waals surface area contributed by atoms with Crippen LogP contribution in [0.3, 0.4) is 0 Å². The molecule has 0 aromatic rings. The Morgan fingerprint density at radius 2 is 1.90 bits per heavy atom. The van der Waals surface area contributed by atoms with E-state index in [4.69, 9.17) is 0 Å². The SMILES string of the molecule is CCC(C)(C)NC(=O)CNCC1CCCCC1C(=O)O. The molecule has 1 aliphatic carbocycles. The number of rotatable bonds is 7. The van der Waals surface area contributed by atoms with Gasteiger partial charge in [-0.2, -0.15) is 0 Å². The second kappa shape index (κ2) is 7.62. The van der Waals surface area contributed by atoms with Crippen molar-refractivity contribution in [3.8, 4) is 0 Å². The molecule has 0 aliphatic heterocycles. The van der Waals surface area contributed by atoms with Gasteiger partial charge in [-0.1, -0.05) is 19.8 Å². The van der Waals surface area contributed by atoms with E-state index >= 15 is 0 Å². The van der Waals surface area contributed by atoms with Crippen molar-refractivity contribution in [2.75, 3.05) is 13.1 Å². The van der Waals surface area contributed by atoms with Gasteiger partial charge in [-0.15, -0.1) is 0 Å². The molecule has 3 N–H and O–H groups in total. The lowest BCUT2D eigenvalue weighted by molar-refractivity contribution is -0.144. The average Bonchev–Trinajstić information content (AvgIpc) is 2.38. The van der Waals surface area contributed by atoms with E-state index in [0.29, 0.717) is 6.54 Å². The minimum Gasteiger partial charge on any atom is -0.481 e. The number of nitrogens with one attached hydrogen (secondary N) is 2. The molecule has 0 radical (unpaired) electrons. The highest BCUT2D eigenvalue weighted by Gasteiger charge is 2.30. The maximum Gasteiger partial charge on any atom is 0.306 e. The fraction of sp³-hybridized carbons (Fsp3) is 0.867. The fourth-order valence-electron chi connectivity index (χ4n) is 2.66. The first-order valence-electron chi connectivity index (χ1n) is 7.60. The van der Waals surface area contributed by atoms with Gasteiger partial charge >= 0.3 is 5.97 Å². The van der Waals surface area contributed by atoms with Crippen LogP contribution >= 0.6 is 0 Å². The van der Waals surface area contributed by atoms with Crippen LogP contribution in [-0.2, 0) is 9.59 Å². The summed E-state index contributed by atoms with van der Waals surface area (Å²) in [5, 5.41) is 15.3. The predicted octanol–water partition coefficient (Wildman–Crippen LogP) is 1.77. The molecule has 5 nitrogen and oxygen atoms in total. The zero-order chi connectivity index (χ0) is 15.2. The monoisotopic (exact) mass is 284 g/mol. The lowest BCUT2D eigenvalue weighted by atomic mass is 9.79. The molecule has 2 atom stereocenters. The van der Waals surface area contributed by atoms with Gasteiger partial charge in [0.25, 0.3) is 0 Å². The molecular weight excluding hydrogens is 256 g/mol. The van der Waals surface area contributed by atoms with Crippen molar-refractivity contribution < 1.29 is 14.7 Å². The molecule has 0 aromatic carbocycles. The Kier molecular flexibility index (Phi) is 6.46. The molecule has 0 aromatic heterocycles. The molecule has 1 saturated carbocycles. The van der Waals surface area contributed by atoms with Gasteiger partial charge in [0, 0.05) is 5.54 Å². The summed E-state index contributed by atoms with van der Waals surface area (Å²) in [6.07, 6.45) is 4.66. The molecule has 1 rings (SSSR count). The first kappa shape index (κ1) is 17.0. The van der Waals surface area contributed by atoms with Crippen LogP contribution in [0.1, 0.15) is 52.9 Å². The standard InChI is InChI=1S/C15H28N2O3/c1-4-15(2,3)17-13(18)10-16-9-11-7-5-6-8-12(11)14(19)20/h11-12,16H,4-10H2,1-3H3,(H,17,18)(H,19,20). The van der Waals surface area contributed by atoms with E-state index < -0.39 is 5.97 Å². The molecular formula is C15H28N2O3. The predicted molar refractivity (Wildman–Crippen MR) is 78.5 cm³/mol. The third kappa shape index (κ3) is 5.49. The van der Waals surface area contributed by atoms with Crippen molar-refractivity contribution in [3.05, 3.63) is 0 Å². The molecule has 20 heavy (non-hydrogen) atoms. The first-order valence-corrected chi connectivity index (χ1v) is 7.60. The number of carbonyl (C=O) groups is 2. The fourth-order valence-corrected chi connectivity index (χ4v) is 2.66. The highest BCUT2D eigenvalue weighted by molar-refractivity contribution is 5.78. The van der Waals surface area contributed by atoms with Gasteiger partial charge < -0.3 is 15.7 Å². The molecule has 1 amide bonds. The molecule has 116 valence electrons. The van der Waals surface area contributed by atoms with E-state index in [2.05, 4.69) is 10.6 Å². The summed E-state index contributed by atoms with van der Waals surface area (Å²) >= 11 is 0. The normalized spacial score (nSPS) is 23.4. The van der Waals surface area contributed by atoms with Crippen LogP contribution in [-0.4, -0.2) is 35.6 Å². The van der Waals surface area contributed by atoms with E-state index in [1.54, 1.807) is 0 Å². The van der Waals surface area contributed by atoms with Crippen LogP contribution in [0, 0.1) is 11.8 Å². The van der Waals surface area contributed by atoms with Crippen LogP contribution in [0.15, 0.2) is 0 Å². The van der Waals surface area contributed by atoms with E-state index in [1.165, 1.54) is 0 Å². The molecule has 0 bridgehead atoms. The minimum atomic E-state index is -0.701. The molecule has 1 fully saturated rings. The average molecular weight is 284 g/mol. The Labute approximate surface area is 121 Å². The van der Waals surface area contributed by atoms with E-state index in [-0.39, 0.29) is 29.8 Å². The zero-order valence-electron chi connectivity index (χ0n) is 12.9. The van der Waals surface area contributed by atoms with E-state index in [0.717, 1.165) is 32.1 Å². The summed E-state index contributed by atoms with van der Waals surface area (Å²) < 4.78 is 0. The second-order valence-electron chi connectivity index (χ2n) is 6.41. The number of carbonyl (C=O) groups excluding carboxylic acids is 1. The Morgan fingerprint density at radius 1 is 1.25 bits per heavy atom. The minimum absolute atomic E-state index is 0.0282. The highest BCUT2D eigenvalue weighted by atomic mass is 16.4. The molecule has 0 spiro atoms. The number of carboxylic acid groups (broad SMARTS) is 1. The van der Waals surface area contributed by atoms with Crippen molar-refractivity contribution >= 4 is 11.9 Å². The van der Waals surface area contributed by atoms with Crippen LogP contribution in [0.4, 0.5) is 0 Å². The Bertz CT molecular complexity index is 342. The van der Waals surface area contributed by atoms with Crippen LogP contribution in [0.5, 0.6) is 0 Å². The summed E-state index contributed by atoms with van der Waals surface area (Å²) in [6.45, 7) is 6.88. The number of amides is 1. The lowest BCUT2D eigenvalue weighted by Crippen LogP contribution is -2.47. The van der Waals surface area contributed by atoms with Crippen molar-refractivity contribution in [2.45, 2.75) is 58.4 Å². The Hall–Kier alpha value is -1.10. The summed E-state index contributed by atoms with van der Waals surface area (Å²) in [5.41, 5.74) is -0.187.